The molecule has 404 valence electrons. The Morgan fingerprint density at radius 2 is 1.16 bits per heavy atom. The van der Waals surface area contributed by atoms with Gasteiger partial charge in [0.15, 0.2) is 0 Å². The van der Waals surface area contributed by atoms with Gasteiger partial charge in [-0.25, -0.2) is 4.98 Å². The molecule has 15 rings (SSSR count). The predicted molar refractivity (Wildman–Crippen MR) is 345 cm³/mol. The number of rotatable bonds is 7. The van der Waals surface area contributed by atoms with E-state index in [0.29, 0.717) is 67.1 Å². The zero-order chi connectivity index (χ0) is 66.8. The van der Waals surface area contributed by atoms with E-state index in [2.05, 4.69) is 124 Å². The van der Waals surface area contributed by atoms with Crippen LogP contribution in [0.2, 0.25) is 0 Å². The summed E-state index contributed by atoms with van der Waals surface area (Å²) in [5.74, 6) is 1.45. The molecule has 0 bridgehead atoms. The first-order valence-corrected chi connectivity index (χ1v) is 28.3. The summed E-state index contributed by atoms with van der Waals surface area (Å²) in [5, 5.41) is 0.982. The molecule has 1 spiro atoms. The van der Waals surface area contributed by atoms with Crippen LogP contribution < -0.4 is 14.5 Å². The van der Waals surface area contributed by atoms with Gasteiger partial charge in [-0.05, 0) is 164 Å². The van der Waals surface area contributed by atoms with Gasteiger partial charge in [-0.3, -0.25) is 4.57 Å². The van der Waals surface area contributed by atoms with Gasteiger partial charge in [-0.1, -0.05) is 198 Å². The first kappa shape index (κ1) is 39.1. The minimum atomic E-state index is -2.67. The number of hydrogen-bond acceptors (Lipinski definition) is 4. The van der Waals surface area contributed by atoms with Crippen LogP contribution in [-0.4, -0.2) is 16.2 Å². The summed E-state index contributed by atoms with van der Waals surface area (Å²) in [7, 11) is 0. The van der Waals surface area contributed by atoms with Crippen molar-refractivity contribution in [1.29, 1.82) is 0 Å². The standard InChI is InChI=1S/C78H66N4O/c1-49-39-50(2)41-53(40-49)63-43-55(77(6,7)8)44-64(61-27-20-31-68-74(61)62-26-11-15-30-67(62)78(68)65-28-13-9-21-51(65)42-52-22-10-14-29-66(52)78)75(63)81-48-80(70-33-17-18-34-71(70)81)56-23-19-24-57(46-56)83-58-35-36-60-59-25-12-16-32-69(59)82(72(60)47-58)73-45-54(37-38-79-73)76(3,4)5/h9-41,43-47H,42,48H2,1-8H3/i1D3,2D3,12D,16D,25D,32D,42D2. The molecule has 5 nitrogen and oxygen atoms in total. The van der Waals surface area contributed by atoms with E-state index in [1.807, 2.05) is 103 Å². The Morgan fingerprint density at radius 1 is 0.518 bits per heavy atom. The van der Waals surface area contributed by atoms with Gasteiger partial charge in [0.05, 0.1) is 39.0 Å². The number of hydrogen-bond donors (Lipinski definition) is 0. The lowest BCUT2D eigenvalue weighted by molar-refractivity contribution is 0.483. The molecule has 10 aromatic carbocycles. The Bertz CT molecular complexity index is 5120. The maximum absolute atomic E-state index is 9.78. The van der Waals surface area contributed by atoms with Crippen molar-refractivity contribution in [3.63, 3.8) is 0 Å². The van der Waals surface area contributed by atoms with Crippen LogP contribution >= 0.6 is 0 Å². The van der Waals surface area contributed by atoms with Gasteiger partial charge in [0, 0.05) is 56.9 Å². The smallest absolute Gasteiger partial charge is 0.137 e. The summed E-state index contributed by atoms with van der Waals surface area (Å²) in [4.78, 5) is 9.23. The molecule has 0 radical (unpaired) electrons. The second-order valence-corrected chi connectivity index (χ2v) is 24.2. The number of ether oxygens (including phenoxy) is 1. The zero-order valence-electron chi connectivity index (χ0n) is 59.0. The number of benzene rings is 10. The average Bonchev–Trinajstić information content (AvgIpc) is 1.56. The van der Waals surface area contributed by atoms with Crippen LogP contribution in [-0.2, 0) is 22.6 Å². The van der Waals surface area contributed by atoms with Crippen LogP contribution in [0.25, 0.3) is 61.0 Å². The van der Waals surface area contributed by atoms with Crippen molar-refractivity contribution in [3.05, 3.63) is 286 Å². The highest BCUT2D eigenvalue weighted by Gasteiger charge is 2.50. The highest BCUT2D eigenvalue weighted by atomic mass is 16.5. The Balaban J connectivity index is 0.935. The topological polar surface area (TPSA) is 33.5 Å². The number of pyridine rings is 1. The molecule has 0 fully saturated rings. The summed E-state index contributed by atoms with van der Waals surface area (Å²) in [6.45, 7) is 7.62. The normalized spacial score (nSPS) is 17.0. The number of nitrogens with zero attached hydrogens (tertiary/aromatic N) is 4. The molecule has 0 amide bonds. The highest BCUT2D eigenvalue weighted by Crippen LogP contribution is 2.62. The number of aryl methyl sites for hydroxylation is 2. The fourth-order valence-corrected chi connectivity index (χ4v) is 13.3. The molecule has 0 unspecified atom stereocenters. The molecular weight excluding hydrogens is 1010 g/mol. The molecule has 0 N–H and O–H groups in total. The van der Waals surface area contributed by atoms with Gasteiger partial charge < -0.3 is 14.5 Å². The molecule has 2 aliphatic carbocycles. The van der Waals surface area contributed by atoms with Crippen molar-refractivity contribution in [2.75, 3.05) is 16.5 Å². The fraction of sp³-hybridized carbons (Fsp3) is 0.167. The second-order valence-electron chi connectivity index (χ2n) is 24.2. The third-order valence-electron chi connectivity index (χ3n) is 17.1. The lowest BCUT2D eigenvalue weighted by Crippen LogP contribution is -2.34. The average molecular weight is 1090 g/mol. The third kappa shape index (κ3) is 7.99. The minimum Gasteiger partial charge on any atom is -0.457 e. The van der Waals surface area contributed by atoms with E-state index < -0.39 is 30.9 Å². The molecule has 2 aromatic heterocycles. The monoisotopic (exact) mass is 1090 g/mol. The van der Waals surface area contributed by atoms with Crippen molar-refractivity contribution in [2.45, 2.75) is 77.9 Å². The summed E-state index contributed by atoms with van der Waals surface area (Å²) in [6.07, 6.45) is -0.0908. The van der Waals surface area contributed by atoms with Crippen molar-refractivity contribution < 1.29 is 21.2 Å². The van der Waals surface area contributed by atoms with E-state index in [-0.39, 0.29) is 47.4 Å². The SMILES string of the molecule is [2H]c1c([2H])c([2H])c2c(c1[2H])c1ccc(Oc3cccc(N4CN(c5c(-c6cc(C([2H])([2H])[2H])cc(C([2H])([2H])[2H])c6)cc(C(C)(C)C)cc5-c5cccc6c5-c5ccccc5C65c6ccccc6C([2H])([2H])c6ccccc65)c5ccccc54)c3)cc1n2-c1cc(C(C)(C)C)ccn1. The van der Waals surface area contributed by atoms with Crippen LogP contribution in [0.15, 0.2) is 231 Å². The fourth-order valence-electron chi connectivity index (χ4n) is 13.3. The lowest BCUT2D eigenvalue weighted by atomic mass is 9.61. The summed E-state index contributed by atoms with van der Waals surface area (Å²) in [6, 6.07) is 63.7. The summed E-state index contributed by atoms with van der Waals surface area (Å²) >= 11 is 0. The Hall–Kier alpha value is -9.45. The Labute approximate surface area is 504 Å². The summed E-state index contributed by atoms with van der Waals surface area (Å²) < 4.78 is 117. The molecule has 83 heavy (non-hydrogen) atoms. The minimum absolute atomic E-state index is 0.0979. The van der Waals surface area contributed by atoms with E-state index in [1.165, 1.54) is 6.07 Å². The van der Waals surface area contributed by atoms with Crippen LogP contribution in [0.3, 0.4) is 0 Å². The largest absolute Gasteiger partial charge is 0.457 e. The van der Waals surface area contributed by atoms with Crippen molar-refractivity contribution >= 4 is 44.6 Å². The zero-order valence-corrected chi connectivity index (χ0v) is 47.0. The third-order valence-corrected chi connectivity index (χ3v) is 17.1. The van der Waals surface area contributed by atoms with Gasteiger partial charge in [0.2, 0.25) is 0 Å². The van der Waals surface area contributed by atoms with E-state index >= 15 is 0 Å². The van der Waals surface area contributed by atoms with Gasteiger partial charge in [0.1, 0.15) is 24.0 Å². The highest BCUT2D eigenvalue weighted by molar-refractivity contribution is 6.10. The number of anilines is 4. The van der Waals surface area contributed by atoms with Gasteiger partial charge in [0.25, 0.3) is 0 Å². The molecule has 0 saturated heterocycles. The second kappa shape index (κ2) is 18.8. The maximum atomic E-state index is 9.78. The maximum Gasteiger partial charge on any atom is 0.137 e. The van der Waals surface area contributed by atoms with Crippen LogP contribution in [0, 0.1) is 13.7 Å². The van der Waals surface area contributed by atoms with E-state index in [0.717, 1.165) is 72.7 Å². The van der Waals surface area contributed by atoms with Crippen molar-refractivity contribution in [1.82, 2.24) is 9.55 Å². The molecule has 12 aromatic rings. The first-order chi connectivity index (χ1) is 45.1. The van der Waals surface area contributed by atoms with E-state index in [9.17, 15) is 4.11 Å². The Kier molecular flexibility index (Phi) is 8.85. The molecule has 1 aliphatic heterocycles. The van der Waals surface area contributed by atoms with Gasteiger partial charge >= 0.3 is 0 Å². The van der Waals surface area contributed by atoms with E-state index in [4.69, 9.17) is 22.1 Å². The van der Waals surface area contributed by atoms with E-state index in [1.54, 1.807) is 29.0 Å². The molecule has 0 atom stereocenters. The number of fused-ring (bicyclic) bond motifs is 13. The molecule has 3 heterocycles. The Morgan fingerprint density at radius 3 is 1.90 bits per heavy atom. The molecule has 0 saturated carbocycles. The lowest BCUT2D eigenvalue weighted by Gasteiger charge is -2.40. The molecule has 3 aliphatic rings. The predicted octanol–water partition coefficient (Wildman–Crippen LogP) is 20.0. The van der Waals surface area contributed by atoms with Crippen LogP contribution in [0.4, 0.5) is 22.7 Å². The molecular formula is C78H66N4O. The van der Waals surface area contributed by atoms with Crippen molar-refractivity contribution in [3.8, 4) is 50.7 Å². The van der Waals surface area contributed by atoms with Crippen LogP contribution in [0.1, 0.15) is 114 Å². The van der Waals surface area contributed by atoms with Gasteiger partial charge in [-0.2, -0.15) is 0 Å². The first-order valence-electron chi connectivity index (χ1n) is 34.3. The quantitative estimate of drug-likeness (QED) is 0.159. The molecule has 5 heteroatoms. The van der Waals surface area contributed by atoms with Crippen molar-refractivity contribution in [2.24, 2.45) is 0 Å². The van der Waals surface area contributed by atoms with Gasteiger partial charge in [-0.15, -0.1) is 0 Å². The van der Waals surface area contributed by atoms with Crippen LogP contribution in [0.5, 0.6) is 11.5 Å². The summed E-state index contributed by atoms with van der Waals surface area (Å²) in [5.41, 5.74) is 13.6. The number of aromatic nitrogens is 2. The number of para-hydroxylation sites is 3.